The van der Waals surface area contributed by atoms with Gasteiger partial charge >= 0.3 is 12.1 Å². The molecule has 3 aromatic carbocycles. The van der Waals surface area contributed by atoms with Crippen molar-refractivity contribution in [1.29, 1.82) is 0 Å². The Morgan fingerprint density at radius 1 is 1.03 bits per heavy atom. The number of aromatic hydroxyl groups is 1. The number of pyridine rings is 1. The molecule has 8 nitrogen and oxygen atoms in total. The Balaban J connectivity index is 0.000000448. The van der Waals surface area contributed by atoms with Crippen molar-refractivity contribution in [3.05, 3.63) is 77.5 Å². The molecule has 0 aliphatic carbocycles. The molecule has 11 heteroatoms. The molecule has 0 amide bonds. The first kappa shape index (κ1) is 27.2. The minimum Gasteiger partial charge on any atom is -0.508 e. The number of aryl methyl sites for hydroxylation is 1. The van der Waals surface area contributed by atoms with Crippen LogP contribution in [0.15, 0.2) is 60.8 Å². The molecule has 39 heavy (non-hydrogen) atoms. The van der Waals surface area contributed by atoms with Crippen LogP contribution in [0, 0.1) is 6.92 Å². The number of nitrogens with one attached hydrogen (secondary N) is 1. The molecule has 0 atom stereocenters. The number of H-pyrrole nitrogens is 1. The molecule has 0 aliphatic heterocycles. The van der Waals surface area contributed by atoms with Gasteiger partial charge in [-0.2, -0.15) is 18.3 Å². The number of alkyl halides is 3. The summed E-state index contributed by atoms with van der Waals surface area (Å²) in [6.45, 7) is 2.11. The summed E-state index contributed by atoms with van der Waals surface area (Å²) >= 11 is 0. The fraction of sp³-hybridized carbons (Fsp3) is 0.179. The number of fused-ring (bicyclic) bond motifs is 3. The second-order valence-corrected chi connectivity index (χ2v) is 8.56. The number of methoxy groups -OCH3 is 2. The van der Waals surface area contributed by atoms with Crippen LogP contribution in [0.1, 0.15) is 16.7 Å². The third-order valence-corrected chi connectivity index (χ3v) is 6.15. The van der Waals surface area contributed by atoms with Crippen LogP contribution in [0.4, 0.5) is 13.2 Å². The molecule has 2 aromatic heterocycles. The number of aliphatic carboxylic acids is 1. The van der Waals surface area contributed by atoms with Gasteiger partial charge in [0.05, 0.1) is 26.1 Å². The molecule has 0 spiro atoms. The van der Waals surface area contributed by atoms with Gasteiger partial charge in [0, 0.05) is 33.7 Å². The number of rotatable bonds is 5. The number of ether oxygens (including phenoxy) is 2. The van der Waals surface area contributed by atoms with Crippen LogP contribution >= 0.6 is 0 Å². The SMILES string of the molecule is COc1cc2c(-c3ccc(O)cc3)nc3[nH]ncc3c2c(Cc2ccccc2C)c1OC.O=C(O)C(F)(F)F. The van der Waals surface area contributed by atoms with Gasteiger partial charge < -0.3 is 19.7 Å². The van der Waals surface area contributed by atoms with E-state index < -0.39 is 12.1 Å². The van der Waals surface area contributed by atoms with Crippen molar-refractivity contribution in [3.63, 3.8) is 0 Å². The van der Waals surface area contributed by atoms with Crippen LogP contribution < -0.4 is 9.47 Å². The summed E-state index contributed by atoms with van der Waals surface area (Å²) in [7, 11) is 3.31. The standard InChI is InChI=1S/C26H23N3O3.C2HF3O2/c1-15-6-4-5-7-17(15)12-20-23-19(13-22(31-2)25(20)32-3)24(16-8-10-18(30)11-9-16)28-26-21(23)14-27-29-26;3-2(4,5)1(6)7/h4-11,13-14,30H,12H2,1-3H3,(H,27,28,29);(H,6,7). The van der Waals surface area contributed by atoms with Gasteiger partial charge in [0.2, 0.25) is 0 Å². The smallest absolute Gasteiger partial charge is 0.490 e. The van der Waals surface area contributed by atoms with Gasteiger partial charge in [-0.05, 0) is 48.4 Å². The monoisotopic (exact) mass is 539 g/mol. The highest BCUT2D eigenvalue weighted by molar-refractivity contribution is 6.13. The summed E-state index contributed by atoms with van der Waals surface area (Å²) in [6.07, 6.45) is -2.61. The van der Waals surface area contributed by atoms with E-state index in [2.05, 4.69) is 29.3 Å². The van der Waals surface area contributed by atoms with Gasteiger partial charge in [0.25, 0.3) is 0 Å². The zero-order chi connectivity index (χ0) is 28.3. The van der Waals surface area contributed by atoms with E-state index in [0.29, 0.717) is 23.6 Å². The van der Waals surface area contributed by atoms with E-state index in [1.54, 1.807) is 32.5 Å². The normalized spacial score (nSPS) is 11.2. The van der Waals surface area contributed by atoms with E-state index in [4.69, 9.17) is 24.4 Å². The molecule has 2 heterocycles. The maximum atomic E-state index is 10.6. The largest absolute Gasteiger partial charge is 0.508 e. The lowest BCUT2D eigenvalue weighted by Gasteiger charge is -2.19. The molecule has 0 saturated carbocycles. The highest BCUT2D eigenvalue weighted by Gasteiger charge is 2.38. The first-order chi connectivity index (χ1) is 18.5. The predicted molar refractivity (Wildman–Crippen MR) is 139 cm³/mol. The van der Waals surface area contributed by atoms with Crippen molar-refractivity contribution in [3.8, 4) is 28.5 Å². The average Bonchev–Trinajstić information content (AvgIpc) is 3.38. The van der Waals surface area contributed by atoms with Gasteiger partial charge in [-0.3, -0.25) is 5.10 Å². The molecule has 0 fully saturated rings. The number of phenolic OH excluding ortho intramolecular Hbond substituents is 1. The Hall–Kier alpha value is -4.80. The maximum Gasteiger partial charge on any atom is 0.490 e. The van der Waals surface area contributed by atoms with Crippen molar-refractivity contribution >= 4 is 27.8 Å². The minimum atomic E-state index is -5.08. The van der Waals surface area contributed by atoms with E-state index >= 15 is 0 Å². The maximum absolute atomic E-state index is 10.6. The molecule has 0 bridgehead atoms. The summed E-state index contributed by atoms with van der Waals surface area (Å²) < 4.78 is 43.3. The Labute approximate surface area is 220 Å². The number of hydrogen-bond donors (Lipinski definition) is 3. The predicted octanol–water partition coefficient (Wildman–Crippen LogP) is 6.03. The molecular weight excluding hydrogens is 515 g/mol. The summed E-state index contributed by atoms with van der Waals surface area (Å²) in [4.78, 5) is 13.8. The molecule has 0 saturated heterocycles. The van der Waals surface area contributed by atoms with Gasteiger partial charge in [-0.15, -0.1) is 0 Å². The van der Waals surface area contributed by atoms with Crippen LogP contribution in [0.3, 0.4) is 0 Å². The number of nitrogens with zero attached hydrogens (tertiary/aromatic N) is 2. The Morgan fingerprint density at radius 3 is 2.28 bits per heavy atom. The topological polar surface area (TPSA) is 118 Å². The van der Waals surface area contributed by atoms with Gasteiger partial charge in [0.15, 0.2) is 17.1 Å². The number of carbonyl (C=O) groups is 1. The zero-order valence-corrected chi connectivity index (χ0v) is 21.1. The lowest BCUT2D eigenvalue weighted by molar-refractivity contribution is -0.192. The van der Waals surface area contributed by atoms with E-state index in [-0.39, 0.29) is 5.75 Å². The van der Waals surface area contributed by atoms with Crippen molar-refractivity contribution < 1.29 is 37.7 Å². The fourth-order valence-electron chi connectivity index (χ4n) is 4.29. The van der Waals surface area contributed by atoms with E-state index in [1.807, 2.05) is 30.3 Å². The van der Waals surface area contributed by atoms with Gasteiger partial charge in [-0.1, -0.05) is 24.3 Å². The van der Waals surface area contributed by atoms with Crippen molar-refractivity contribution in [2.24, 2.45) is 0 Å². The fourth-order valence-corrected chi connectivity index (χ4v) is 4.29. The Bertz CT molecular complexity index is 1650. The van der Waals surface area contributed by atoms with Crippen LogP contribution in [0.5, 0.6) is 17.2 Å². The van der Waals surface area contributed by atoms with E-state index in [9.17, 15) is 18.3 Å². The number of carboxylic acids is 1. The number of carboxylic acid groups (broad SMARTS) is 1. The van der Waals surface area contributed by atoms with Gasteiger partial charge in [-0.25, -0.2) is 9.78 Å². The molecule has 202 valence electrons. The third kappa shape index (κ3) is 5.57. The average molecular weight is 540 g/mol. The first-order valence-electron chi connectivity index (χ1n) is 11.6. The molecule has 0 aliphatic rings. The van der Waals surface area contributed by atoms with Crippen molar-refractivity contribution in [2.75, 3.05) is 14.2 Å². The third-order valence-electron chi connectivity index (χ3n) is 6.15. The van der Waals surface area contributed by atoms with Gasteiger partial charge in [0.1, 0.15) is 5.75 Å². The second kappa shape index (κ2) is 10.9. The van der Waals surface area contributed by atoms with E-state index in [0.717, 1.165) is 33.0 Å². The van der Waals surface area contributed by atoms with Crippen LogP contribution in [0.2, 0.25) is 0 Å². The minimum absolute atomic E-state index is 0.208. The Kier molecular flexibility index (Phi) is 7.61. The van der Waals surface area contributed by atoms with Crippen LogP contribution in [-0.4, -0.2) is 51.8 Å². The highest BCUT2D eigenvalue weighted by Crippen LogP contribution is 2.44. The molecular formula is C28H24F3N3O5. The van der Waals surface area contributed by atoms with Crippen LogP contribution in [0.25, 0.3) is 33.1 Å². The number of halogens is 3. The first-order valence-corrected chi connectivity index (χ1v) is 11.6. The number of aromatic nitrogens is 3. The highest BCUT2D eigenvalue weighted by atomic mass is 19.4. The quantitative estimate of drug-likeness (QED) is 0.250. The Morgan fingerprint density at radius 2 is 1.69 bits per heavy atom. The van der Waals surface area contributed by atoms with E-state index in [1.165, 1.54) is 11.1 Å². The molecule has 0 radical (unpaired) electrons. The summed E-state index contributed by atoms with van der Waals surface area (Å²) in [5.74, 6) is -1.20. The summed E-state index contributed by atoms with van der Waals surface area (Å²) in [5, 5.41) is 27.1. The molecule has 5 aromatic rings. The van der Waals surface area contributed by atoms with Crippen molar-refractivity contribution in [2.45, 2.75) is 19.5 Å². The summed E-state index contributed by atoms with van der Waals surface area (Å²) in [5.41, 5.74) is 5.80. The lowest BCUT2D eigenvalue weighted by Crippen LogP contribution is -2.21. The molecule has 3 N–H and O–H groups in total. The van der Waals surface area contributed by atoms with Crippen molar-refractivity contribution in [1.82, 2.24) is 15.2 Å². The lowest BCUT2D eigenvalue weighted by atomic mass is 9.92. The second-order valence-electron chi connectivity index (χ2n) is 8.56. The number of phenols is 1. The zero-order valence-electron chi connectivity index (χ0n) is 21.1. The molecule has 5 rings (SSSR count). The number of hydrogen-bond acceptors (Lipinski definition) is 6. The number of benzene rings is 3. The van der Waals surface area contributed by atoms with Crippen LogP contribution in [-0.2, 0) is 11.2 Å². The molecule has 0 unspecified atom stereocenters. The number of aromatic amines is 1. The summed E-state index contributed by atoms with van der Waals surface area (Å²) in [6, 6.07) is 17.3.